The summed E-state index contributed by atoms with van der Waals surface area (Å²) in [4.78, 5) is 59.8. The number of ether oxygens (including phenoxy) is 6. The second-order valence-corrected chi connectivity index (χ2v) is 10.6. The van der Waals surface area contributed by atoms with Gasteiger partial charge in [0.15, 0.2) is 0 Å². The van der Waals surface area contributed by atoms with Crippen LogP contribution in [0.4, 0.5) is 0 Å². The number of carbonyl (C=O) groups excluding carboxylic acids is 5. The van der Waals surface area contributed by atoms with Crippen LogP contribution in [0.3, 0.4) is 0 Å². The molecule has 0 spiro atoms. The van der Waals surface area contributed by atoms with Crippen LogP contribution >= 0.6 is 0 Å². The van der Waals surface area contributed by atoms with Crippen LogP contribution in [-0.2, 0) is 47.7 Å². The van der Waals surface area contributed by atoms with E-state index in [4.69, 9.17) is 28.4 Å². The molecule has 12 nitrogen and oxygen atoms in total. The van der Waals surface area contributed by atoms with Gasteiger partial charge in [0.2, 0.25) is 6.29 Å². The van der Waals surface area contributed by atoms with E-state index in [2.05, 4.69) is 0 Å². The summed E-state index contributed by atoms with van der Waals surface area (Å²) in [5.74, 6) is -4.37. The molecule has 1 aliphatic carbocycles. The second-order valence-electron chi connectivity index (χ2n) is 10.6. The number of hydrogen-bond acceptors (Lipinski definition) is 12. The minimum absolute atomic E-state index is 0.00572. The monoisotopic (exact) mass is 588 g/mol. The molecule has 0 aromatic heterocycles. The quantitative estimate of drug-likeness (QED) is 0.174. The summed E-state index contributed by atoms with van der Waals surface area (Å²) in [6.45, 7) is 6.62. The van der Waals surface area contributed by atoms with Crippen LogP contribution in [-0.4, -0.2) is 66.2 Å². The van der Waals surface area contributed by atoms with Gasteiger partial charge in [-0.1, -0.05) is 26.0 Å². The number of esters is 5. The van der Waals surface area contributed by atoms with E-state index in [1.165, 1.54) is 26.2 Å². The van der Waals surface area contributed by atoms with Crippen molar-refractivity contribution < 1.29 is 57.5 Å². The van der Waals surface area contributed by atoms with Gasteiger partial charge in [0.05, 0.1) is 12.2 Å². The topological polar surface area (TPSA) is 161 Å². The Morgan fingerprint density at radius 1 is 1.00 bits per heavy atom. The van der Waals surface area contributed by atoms with E-state index < -0.39 is 66.3 Å². The maximum absolute atomic E-state index is 12.9. The zero-order valence-corrected chi connectivity index (χ0v) is 24.2. The van der Waals surface area contributed by atoms with E-state index in [0.717, 1.165) is 13.0 Å². The van der Waals surface area contributed by atoms with Crippen LogP contribution in [0.15, 0.2) is 42.2 Å². The lowest BCUT2D eigenvalue weighted by Gasteiger charge is -2.40. The van der Waals surface area contributed by atoms with Crippen LogP contribution in [0, 0.1) is 17.8 Å². The first kappa shape index (κ1) is 32.3. The zero-order valence-electron chi connectivity index (χ0n) is 24.2. The lowest BCUT2D eigenvalue weighted by molar-refractivity contribution is -0.224. The highest BCUT2D eigenvalue weighted by molar-refractivity contribution is 5.87. The fourth-order valence-electron chi connectivity index (χ4n) is 4.93. The van der Waals surface area contributed by atoms with Crippen molar-refractivity contribution in [2.24, 2.45) is 17.8 Å². The van der Waals surface area contributed by atoms with E-state index >= 15 is 0 Å². The van der Waals surface area contributed by atoms with Crippen molar-refractivity contribution in [1.82, 2.24) is 0 Å². The highest BCUT2D eigenvalue weighted by Crippen LogP contribution is 2.50. The Morgan fingerprint density at radius 3 is 2.26 bits per heavy atom. The highest BCUT2D eigenvalue weighted by atomic mass is 16.7. The van der Waals surface area contributed by atoms with Crippen molar-refractivity contribution in [3.8, 4) is 5.75 Å². The Kier molecular flexibility index (Phi) is 10.9. The molecule has 0 radical (unpaired) electrons. The first-order valence-corrected chi connectivity index (χ1v) is 13.5. The molecule has 12 heteroatoms. The van der Waals surface area contributed by atoms with E-state index in [9.17, 15) is 29.1 Å². The van der Waals surface area contributed by atoms with Gasteiger partial charge < -0.3 is 33.5 Å². The molecule has 228 valence electrons. The molecule has 0 unspecified atom stereocenters. The summed E-state index contributed by atoms with van der Waals surface area (Å²) in [5, 5.41) is 12.0. The van der Waals surface area contributed by atoms with Crippen LogP contribution in [0.1, 0.15) is 53.0 Å². The molecule has 2 aliphatic rings. The Hall–Kier alpha value is -4.19. The van der Waals surface area contributed by atoms with Gasteiger partial charge in [-0.05, 0) is 36.1 Å². The van der Waals surface area contributed by atoms with E-state index in [1.54, 1.807) is 24.3 Å². The third-order valence-corrected chi connectivity index (χ3v) is 6.74. The number of carbonyl (C=O) groups is 5. The van der Waals surface area contributed by atoms with Crippen LogP contribution < -0.4 is 4.74 Å². The summed E-state index contributed by atoms with van der Waals surface area (Å²) in [5.41, 5.74) is -0.950. The van der Waals surface area contributed by atoms with Crippen molar-refractivity contribution in [1.29, 1.82) is 0 Å². The van der Waals surface area contributed by atoms with Gasteiger partial charge in [-0.2, -0.15) is 0 Å². The van der Waals surface area contributed by atoms with E-state index in [-0.39, 0.29) is 25.4 Å². The Morgan fingerprint density at radius 2 is 1.67 bits per heavy atom. The molecule has 0 saturated heterocycles. The van der Waals surface area contributed by atoms with Crippen LogP contribution in [0.25, 0.3) is 6.08 Å². The average Bonchev–Trinajstić information content (AvgIpc) is 3.18. The number of fused-ring (bicyclic) bond motifs is 1. The lowest BCUT2D eigenvalue weighted by Crippen LogP contribution is -2.55. The maximum atomic E-state index is 12.9. The third-order valence-electron chi connectivity index (χ3n) is 6.74. The van der Waals surface area contributed by atoms with Crippen molar-refractivity contribution in [2.75, 3.05) is 13.2 Å². The van der Waals surface area contributed by atoms with Gasteiger partial charge in [0.1, 0.15) is 30.7 Å². The standard InChI is InChI=1S/C30H36O12/c1-17(2)12-27(35)42-29-28-24(22(15-38-29)14-37-18(3)31)13-25(30(28,36)16-39-19(4)32)41-26(34)11-8-21-6-9-23(10-7-21)40-20(5)33/h6-11,15,17,24-25,28-29,36H,12-14,16H2,1-5H3/b11-8+/t24-,25+,28-,29+,30-/m1/s1. The molecule has 1 fully saturated rings. The maximum Gasteiger partial charge on any atom is 0.331 e. The van der Waals surface area contributed by atoms with Gasteiger partial charge in [-0.15, -0.1) is 0 Å². The minimum Gasteiger partial charge on any atom is -0.463 e. The van der Waals surface area contributed by atoms with Crippen molar-refractivity contribution in [3.05, 3.63) is 47.7 Å². The highest BCUT2D eigenvalue weighted by Gasteiger charge is 2.63. The largest absolute Gasteiger partial charge is 0.463 e. The molecule has 1 saturated carbocycles. The fraction of sp³-hybridized carbons (Fsp3) is 0.500. The number of aliphatic hydroxyl groups is 1. The molecule has 1 heterocycles. The molecule has 42 heavy (non-hydrogen) atoms. The Labute approximate surface area is 243 Å². The second kappa shape index (κ2) is 14.1. The van der Waals surface area contributed by atoms with Crippen molar-refractivity contribution >= 4 is 35.9 Å². The Balaban J connectivity index is 1.87. The molecular weight excluding hydrogens is 552 g/mol. The Bertz CT molecular complexity index is 1230. The molecule has 1 aromatic rings. The number of benzene rings is 1. The fourth-order valence-corrected chi connectivity index (χ4v) is 4.93. The summed E-state index contributed by atoms with van der Waals surface area (Å²) in [6, 6.07) is 6.37. The number of rotatable bonds is 11. The third kappa shape index (κ3) is 8.65. The first-order chi connectivity index (χ1) is 19.8. The average molecular weight is 589 g/mol. The first-order valence-electron chi connectivity index (χ1n) is 13.5. The van der Waals surface area contributed by atoms with Crippen LogP contribution in [0.2, 0.25) is 0 Å². The normalized spacial score (nSPS) is 24.7. The van der Waals surface area contributed by atoms with Crippen LogP contribution in [0.5, 0.6) is 5.75 Å². The smallest absolute Gasteiger partial charge is 0.331 e. The lowest BCUT2D eigenvalue weighted by atomic mass is 9.80. The molecule has 5 atom stereocenters. The molecule has 3 rings (SSSR count). The summed E-state index contributed by atoms with van der Waals surface area (Å²) in [6.07, 6.45) is 1.55. The van der Waals surface area contributed by atoms with Gasteiger partial charge >= 0.3 is 29.8 Å². The summed E-state index contributed by atoms with van der Waals surface area (Å²) < 4.78 is 32.3. The van der Waals surface area contributed by atoms with E-state index in [1.807, 2.05) is 13.8 Å². The predicted molar refractivity (Wildman–Crippen MR) is 145 cm³/mol. The molecule has 1 aromatic carbocycles. The predicted octanol–water partition coefficient (Wildman–Crippen LogP) is 2.86. The number of hydrogen-bond donors (Lipinski definition) is 1. The van der Waals surface area contributed by atoms with Gasteiger partial charge in [0.25, 0.3) is 0 Å². The van der Waals surface area contributed by atoms with Gasteiger partial charge in [0, 0.05) is 44.8 Å². The van der Waals surface area contributed by atoms with E-state index in [0.29, 0.717) is 16.9 Å². The zero-order chi connectivity index (χ0) is 31.0. The molecule has 0 bridgehead atoms. The summed E-state index contributed by atoms with van der Waals surface area (Å²) >= 11 is 0. The molecule has 1 N–H and O–H groups in total. The summed E-state index contributed by atoms with van der Waals surface area (Å²) in [7, 11) is 0. The minimum atomic E-state index is -2.02. The van der Waals surface area contributed by atoms with Crippen molar-refractivity contribution in [3.63, 3.8) is 0 Å². The SMILES string of the molecule is CC(=O)OCC1=CO[C@@H](OC(=O)CC(C)C)[C@H]2[C@@H]1C[C@H](OC(=O)/C=C/c1ccc(OC(C)=O)cc1)[C@]2(O)COC(C)=O. The van der Waals surface area contributed by atoms with Gasteiger partial charge in [-0.3, -0.25) is 19.2 Å². The molecule has 1 aliphatic heterocycles. The molecule has 0 amide bonds. The van der Waals surface area contributed by atoms with Crippen molar-refractivity contribution in [2.45, 2.75) is 65.5 Å². The van der Waals surface area contributed by atoms with Gasteiger partial charge in [-0.25, -0.2) is 4.79 Å². The molecular formula is C30H36O12.